The van der Waals surface area contributed by atoms with Gasteiger partial charge in [0.15, 0.2) is 11.5 Å². The van der Waals surface area contributed by atoms with Crippen LogP contribution in [0.1, 0.15) is 13.8 Å². The van der Waals surface area contributed by atoms with Gasteiger partial charge in [-0.2, -0.15) is 0 Å². The zero-order valence-electron chi connectivity index (χ0n) is 15.3. The Morgan fingerprint density at radius 2 is 1.30 bits per heavy atom. The Kier molecular flexibility index (Phi) is 6.95. The van der Waals surface area contributed by atoms with Crippen LogP contribution in [0.5, 0.6) is 23.0 Å². The van der Waals surface area contributed by atoms with Crippen molar-refractivity contribution >= 4 is 34.7 Å². The highest BCUT2D eigenvalue weighted by Crippen LogP contribution is 2.51. The maximum atomic E-state index is 11.9. The molecule has 0 atom stereocenters. The number of carbonyl (C=O) groups is 2. The molecule has 8 nitrogen and oxygen atoms in total. The molecule has 2 rings (SSSR count). The lowest BCUT2D eigenvalue weighted by Gasteiger charge is -2.19. The topological polar surface area (TPSA) is 89.5 Å². The predicted molar refractivity (Wildman–Crippen MR) is 97.4 cm³/mol. The van der Waals surface area contributed by atoms with E-state index in [0.29, 0.717) is 15.8 Å². The lowest BCUT2D eigenvalue weighted by Crippen LogP contribution is -2.14. The van der Waals surface area contributed by atoms with Crippen LogP contribution in [0.4, 0.5) is 9.59 Å². The standard InChI is InChI=1S/C18H19ClO8/c1-5-24-17(20)26-13-11-8-7-10(19)9-12(11)14(27-18(21)25-6-2)16(23-4)15(13)22-3/h7-9H,5-6H2,1-4H3. The molecular formula is C18H19ClO8. The Balaban J connectivity index is 2.75. The van der Waals surface area contributed by atoms with Crippen LogP contribution in [-0.2, 0) is 9.47 Å². The molecule has 0 saturated carbocycles. The minimum atomic E-state index is -0.932. The van der Waals surface area contributed by atoms with Gasteiger partial charge in [-0.25, -0.2) is 9.59 Å². The number of ether oxygens (including phenoxy) is 6. The van der Waals surface area contributed by atoms with Gasteiger partial charge in [0.2, 0.25) is 11.5 Å². The van der Waals surface area contributed by atoms with Gasteiger partial charge in [0.05, 0.1) is 27.4 Å². The number of methoxy groups -OCH3 is 2. The molecule has 0 amide bonds. The fourth-order valence-electron chi connectivity index (χ4n) is 2.39. The van der Waals surface area contributed by atoms with E-state index in [1.54, 1.807) is 26.0 Å². The number of hydrogen-bond acceptors (Lipinski definition) is 8. The zero-order valence-corrected chi connectivity index (χ0v) is 16.0. The lowest BCUT2D eigenvalue weighted by atomic mass is 10.1. The molecule has 0 aromatic heterocycles. The third kappa shape index (κ3) is 4.46. The second-order valence-electron chi connectivity index (χ2n) is 4.98. The summed E-state index contributed by atoms with van der Waals surface area (Å²) in [6, 6.07) is 4.71. The van der Waals surface area contributed by atoms with E-state index in [1.165, 1.54) is 20.3 Å². The summed E-state index contributed by atoms with van der Waals surface area (Å²) < 4.78 is 30.9. The van der Waals surface area contributed by atoms with Gasteiger partial charge in [0, 0.05) is 15.8 Å². The van der Waals surface area contributed by atoms with Crippen molar-refractivity contribution in [1.82, 2.24) is 0 Å². The van der Waals surface area contributed by atoms with Crippen LogP contribution in [0.25, 0.3) is 10.8 Å². The Labute approximate surface area is 160 Å². The monoisotopic (exact) mass is 398 g/mol. The fourth-order valence-corrected chi connectivity index (χ4v) is 2.56. The summed E-state index contributed by atoms with van der Waals surface area (Å²) >= 11 is 6.09. The molecule has 0 unspecified atom stereocenters. The first-order valence-corrected chi connectivity index (χ1v) is 8.40. The van der Waals surface area contributed by atoms with Crippen LogP contribution in [0.3, 0.4) is 0 Å². The van der Waals surface area contributed by atoms with Crippen LogP contribution in [0.15, 0.2) is 18.2 Å². The van der Waals surface area contributed by atoms with Gasteiger partial charge < -0.3 is 28.4 Å². The minimum Gasteiger partial charge on any atom is -0.490 e. The van der Waals surface area contributed by atoms with Crippen LogP contribution in [0.2, 0.25) is 5.02 Å². The number of rotatable bonds is 6. The summed E-state index contributed by atoms with van der Waals surface area (Å²) in [5.41, 5.74) is 0. The number of benzene rings is 2. The van der Waals surface area contributed by atoms with E-state index in [-0.39, 0.29) is 36.2 Å². The zero-order chi connectivity index (χ0) is 20.0. The van der Waals surface area contributed by atoms with Gasteiger partial charge in [0.25, 0.3) is 0 Å². The smallest absolute Gasteiger partial charge is 0.490 e. The molecule has 2 aromatic carbocycles. The number of fused-ring (bicyclic) bond motifs is 1. The molecule has 0 heterocycles. The molecule has 0 radical (unpaired) electrons. The summed E-state index contributed by atoms with van der Waals surface area (Å²) in [7, 11) is 2.70. The number of hydrogen-bond donors (Lipinski definition) is 0. The van der Waals surface area contributed by atoms with Crippen LogP contribution < -0.4 is 18.9 Å². The van der Waals surface area contributed by atoms with E-state index in [9.17, 15) is 9.59 Å². The molecule has 2 aromatic rings. The Hall–Kier alpha value is -2.87. The average Bonchev–Trinajstić information content (AvgIpc) is 2.63. The van der Waals surface area contributed by atoms with Crippen molar-refractivity contribution < 1.29 is 38.0 Å². The molecule has 0 spiro atoms. The van der Waals surface area contributed by atoms with Crippen LogP contribution in [-0.4, -0.2) is 39.7 Å². The van der Waals surface area contributed by atoms with Crippen LogP contribution >= 0.6 is 11.6 Å². The Bertz CT molecular complexity index is 849. The predicted octanol–water partition coefficient (Wildman–Crippen LogP) is 4.58. The second-order valence-corrected chi connectivity index (χ2v) is 5.42. The highest BCUT2D eigenvalue weighted by atomic mass is 35.5. The number of halogens is 1. The van der Waals surface area contributed by atoms with Crippen molar-refractivity contribution in [2.75, 3.05) is 27.4 Å². The molecule has 0 bridgehead atoms. The molecule has 0 N–H and O–H groups in total. The van der Waals surface area contributed by atoms with E-state index < -0.39 is 12.3 Å². The normalized spacial score (nSPS) is 10.3. The van der Waals surface area contributed by atoms with E-state index >= 15 is 0 Å². The van der Waals surface area contributed by atoms with Crippen molar-refractivity contribution in [3.8, 4) is 23.0 Å². The largest absolute Gasteiger partial charge is 0.513 e. The number of carbonyl (C=O) groups excluding carboxylic acids is 2. The summed E-state index contributed by atoms with van der Waals surface area (Å²) in [4.78, 5) is 23.7. The third-order valence-electron chi connectivity index (χ3n) is 3.39. The first-order valence-electron chi connectivity index (χ1n) is 8.03. The highest BCUT2D eigenvalue weighted by Gasteiger charge is 2.27. The molecule has 0 fully saturated rings. The summed E-state index contributed by atoms with van der Waals surface area (Å²) in [6.45, 7) is 3.55. The van der Waals surface area contributed by atoms with Crippen molar-refractivity contribution in [2.24, 2.45) is 0 Å². The molecule has 0 aliphatic heterocycles. The molecule has 146 valence electrons. The van der Waals surface area contributed by atoms with Crippen molar-refractivity contribution in [3.05, 3.63) is 23.2 Å². The average molecular weight is 399 g/mol. The second kappa shape index (κ2) is 9.18. The summed E-state index contributed by atoms with van der Waals surface area (Å²) in [6.07, 6.45) is -1.86. The first-order chi connectivity index (χ1) is 13.0. The van der Waals surface area contributed by atoms with Gasteiger partial charge in [-0.05, 0) is 32.0 Å². The van der Waals surface area contributed by atoms with Gasteiger partial charge in [-0.3, -0.25) is 0 Å². The Morgan fingerprint density at radius 3 is 1.74 bits per heavy atom. The SMILES string of the molecule is CCOC(=O)Oc1c(OC)c(OC)c(OC(=O)OCC)c2cc(Cl)ccc12. The van der Waals surface area contributed by atoms with Crippen LogP contribution in [0, 0.1) is 0 Å². The van der Waals surface area contributed by atoms with Crippen molar-refractivity contribution in [2.45, 2.75) is 13.8 Å². The molecule has 0 aliphatic carbocycles. The lowest BCUT2D eigenvalue weighted by molar-refractivity contribution is 0.100. The maximum absolute atomic E-state index is 11.9. The van der Waals surface area contributed by atoms with E-state index in [1.807, 2.05) is 0 Å². The molecular weight excluding hydrogens is 380 g/mol. The first kappa shape index (κ1) is 20.4. The van der Waals surface area contributed by atoms with Crippen molar-refractivity contribution in [3.63, 3.8) is 0 Å². The highest BCUT2D eigenvalue weighted by molar-refractivity contribution is 6.31. The van der Waals surface area contributed by atoms with E-state index in [0.717, 1.165) is 0 Å². The molecule has 27 heavy (non-hydrogen) atoms. The fraction of sp³-hybridized carbons (Fsp3) is 0.333. The van der Waals surface area contributed by atoms with Gasteiger partial charge in [-0.15, -0.1) is 0 Å². The molecule has 0 aliphatic rings. The van der Waals surface area contributed by atoms with Crippen molar-refractivity contribution in [1.29, 1.82) is 0 Å². The quantitative estimate of drug-likeness (QED) is 0.516. The molecule has 9 heteroatoms. The molecule has 0 saturated heterocycles. The minimum absolute atomic E-state index is 0.0153. The van der Waals surface area contributed by atoms with E-state index in [4.69, 9.17) is 40.0 Å². The van der Waals surface area contributed by atoms with Gasteiger partial charge in [-0.1, -0.05) is 11.6 Å². The van der Waals surface area contributed by atoms with Gasteiger partial charge >= 0.3 is 12.3 Å². The maximum Gasteiger partial charge on any atom is 0.513 e. The third-order valence-corrected chi connectivity index (χ3v) is 3.63. The summed E-state index contributed by atoms with van der Waals surface area (Å²) in [5, 5.41) is 1.11. The summed E-state index contributed by atoms with van der Waals surface area (Å²) in [5.74, 6) is 0.122. The Morgan fingerprint density at radius 1 is 0.815 bits per heavy atom. The van der Waals surface area contributed by atoms with Gasteiger partial charge in [0.1, 0.15) is 0 Å². The van der Waals surface area contributed by atoms with E-state index in [2.05, 4.69) is 0 Å².